The first kappa shape index (κ1) is 22.9. The lowest BCUT2D eigenvalue weighted by atomic mass is 9.96. The smallest absolute Gasteiger partial charge is 0.348 e. The lowest BCUT2D eigenvalue weighted by Gasteiger charge is -2.35. The van der Waals surface area contributed by atoms with Crippen molar-refractivity contribution in [2.24, 2.45) is 5.92 Å². The van der Waals surface area contributed by atoms with Gasteiger partial charge in [0.1, 0.15) is 0 Å². The molecule has 180 valence electrons. The van der Waals surface area contributed by atoms with Crippen molar-refractivity contribution < 1.29 is 0 Å². The molecule has 1 unspecified atom stereocenters. The largest absolute Gasteiger partial charge is 0.349 e. The molecule has 8 nitrogen and oxygen atoms in total. The fourth-order valence-corrected chi connectivity index (χ4v) is 4.92. The van der Waals surface area contributed by atoms with Crippen molar-refractivity contribution in [3.63, 3.8) is 0 Å². The maximum atomic E-state index is 12.3. The zero-order chi connectivity index (χ0) is 23.7. The van der Waals surface area contributed by atoms with Gasteiger partial charge < -0.3 is 10.6 Å². The third-order valence-corrected chi connectivity index (χ3v) is 7.07. The average Bonchev–Trinajstić information content (AvgIpc) is 3.67. The van der Waals surface area contributed by atoms with Crippen LogP contribution in [-0.2, 0) is 0 Å². The molecule has 2 aliphatic rings. The lowest BCUT2D eigenvalue weighted by molar-refractivity contribution is 0.160. The number of rotatable bonds is 8. The SMILES string of the molecule is CC(C)n1c(=O)ncc2cnc(N[C@@H](C)c3ccc(C(CC4CC4)N4CCNCC4)cc3)nc21. The predicted molar refractivity (Wildman–Crippen MR) is 135 cm³/mol. The molecule has 3 heterocycles. The van der Waals surface area contributed by atoms with Gasteiger partial charge in [0.05, 0.1) is 11.4 Å². The number of benzene rings is 1. The standard InChI is InChI=1S/C26H35N7O/c1-17(2)33-24-22(16-29-26(33)34)15-28-25(31-24)30-18(3)20-6-8-21(9-7-20)23(14-19-4-5-19)32-12-10-27-11-13-32/h6-9,15-19,23,27H,4-5,10-14H2,1-3H3,(H,28,30,31)/t18-,23?/m0/s1. The van der Waals surface area contributed by atoms with Gasteiger partial charge in [-0.2, -0.15) is 4.98 Å². The predicted octanol–water partition coefficient (Wildman–Crippen LogP) is 3.69. The zero-order valence-corrected chi connectivity index (χ0v) is 20.4. The summed E-state index contributed by atoms with van der Waals surface area (Å²) in [5.41, 5.74) is 2.92. The van der Waals surface area contributed by atoms with Crippen LogP contribution in [0.5, 0.6) is 0 Å². The van der Waals surface area contributed by atoms with E-state index in [2.05, 4.69) is 61.7 Å². The first-order valence-electron chi connectivity index (χ1n) is 12.5. The van der Waals surface area contributed by atoms with Crippen LogP contribution in [0.1, 0.15) is 69.3 Å². The summed E-state index contributed by atoms with van der Waals surface area (Å²) < 4.78 is 1.61. The minimum atomic E-state index is -0.291. The zero-order valence-electron chi connectivity index (χ0n) is 20.4. The molecule has 1 aromatic carbocycles. The Hall–Kier alpha value is -2.84. The molecule has 2 aromatic heterocycles. The Morgan fingerprint density at radius 1 is 1.03 bits per heavy atom. The van der Waals surface area contributed by atoms with E-state index in [1.165, 1.54) is 30.4 Å². The quantitative estimate of drug-likeness (QED) is 0.529. The molecule has 0 radical (unpaired) electrons. The fourth-order valence-electron chi connectivity index (χ4n) is 4.92. The Morgan fingerprint density at radius 3 is 2.38 bits per heavy atom. The minimum Gasteiger partial charge on any atom is -0.348 e. The van der Waals surface area contributed by atoms with Crippen molar-refractivity contribution in [1.82, 2.24) is 29.7 Å². The highest BCUT2D eigenvalue weighted by Gasteiger charge is 2.30. The van der Waals surface area contributed by atoms with E-state index < -0.39 is 0 Å². The molecule has 5 rings (SSSR count). The summed E-state index contributed by atoms with van der Waals surface area (Å²) in [6.45, 7) is 10.4. The highest BCUT2D eigenvalue weighted by atomic mass is 16.1. The Morgan fingerprint density at radius 2 is 1.71 bits per heavy atom. The monoisotopic (exact) mass is 461 g/mol. The van der Waals surface area contributed by atoms with Crippen LogP contribution < -0.4 is 16.3 Å². The van der Waals surface area contributed by atoms with Crippen molar-refractivity contribution in [3.8, 4) is 0 Å². The van der Waals surface area contributed by atoms with Gasteiger partial charge in [-0.1, -0.05) is 37.1 Å². The van der Waals surface area contributed by atoms with Crippen LogP contribution >= 0.6 is 0 Å². The summed E-state index contributed by atoms with van der Waals surface area (Å²) in [7, 11) is 0. The highest BCUT2D eigenvalue weighted by molar-refractivity contribution is 5.74. The number of anilines is 1. The maximum absolute atomic E-state index is 12.3. The second-order valence-electron chi connectivity index (χ2n) is 9.99. The average molecular weight is 462 g/mol. The van der Waals surface area contributed by atoms with Crippen LogP contribution in [0.4, 0.5) is 5.95 Å². The van der Waals surface area contributed by atoms with E-state index in [1.54, 1.807) is 17.0 Å². The van der Waals surface area contributed by atoms with Crippen molar-refractivity contribution in [2.75, 3.05) is 31.5 Å². The Balaban J connectivity index is 1.34. The van der Waals surface area contributed by atoms with Crippen molar-refractivity contribution in [3.05, 3.63) is 58.3 Å². The number of nitrogens with one attached hydrogen (secondary N) is 2. The molecule has 2 atom stereocenters. The van der Waals surface area contributed by atoms with Gasteiger partial charge in [-0.25, -0.2) is 14.8 Å². The van der Waals surface area contributed by atoms with Gasteiger partial charge >= 0.3 is 5.69 Å². The van der Waals surface area contributed by atoms with Gasteiger partial charge in [-0.15, -0.1) is 0 Å². The molecule has 0 amide bonds. The van der Waals surface area contributed by atoms with Crippen molar-refractivity contribution in [1.29, 1.82) is 0 Å². The van der Waals surface area contributed by atoms with E-state index >= 15 is 0 Å². The third-order valence-electron chi connectivity index (χ3n) is 7.07. The highest BCUT2D eigenvalue weighted by Crippen LogP contribution is 2.40. The topological polar surface area (TPSA) is 88.0 Å². The molecule has 2 N–H and O–H groups in total. The van der Waals surface area contributed by atoms with Gasteiger partial charge in [0.25, 0.3) is 0 Å². The van der Waals surface area contributed by atoms with Gasteiger partial charge in [0, 0.05) is 50.7 Å². The molecule has 0 spiro atoms. The normalized spacial score (nSPS) is 18.8. The fraction of sp³-hybridized carbons (Fsp3) is 0.538. The van der Waals surface area contributed by atoms with E-state index in [0.717, 1.165) is 37.5 Å². The van der Waals surface area contributed by atoms with Crippen molar-refractivity contribution in [2.45, 2.75) is 58.2 Å². The van der Waals surface area contributed by atoms with Crippen LogP contribution in [0.15, 0.2) is 41.5 Å². The first-order valence-corrected chi connectivity index (χ1v) is 12.5. The number of aromatic nitrogens is 4. The second kappa shape index (κ2) is 9.80. The molecule has 1 aliphatic heterocycles. The van der Waals surface area contributed by atoms with Crippen LogP contribution in [0.2, 0.25) is 0 Å². The second-order valence-corrected chi connectivity index (χ2v) is 9.99. The molecule has 8 heteroatoms. The van der Waals surface area contributed by atoms with E-state index in [-0.39, 0.29) is 17.8 Å². The van der Waals surface area contributed by atoms with Crippen LogP contribution in [0.25, 0.3) is 11.0 Å². The van der Waals surface area contributed by atoms with Gasteiger partial charge in [-0.05, 0) is 44.2 Å². The minimum absolute atomic E-state index is 0.0318. The summed E-state index contributed by atoms with van der Waals surface area (Å²) in [5.74, 6) is 1.40. The van der Waals surface area contributed by atoms with E-state index in [9.17, 15) is 4.79 Å². The summed E-state index contributed by atoms with van der Waals surface area (Å²) in [6.07, 6.45) is 7.30. The molecule has 2 fully saturated rings. The van der Waals surface area contributed by atoms with E-state index in [4.69, 9.17) is 0 Å². The van der Waals surface area contributed by atoms with Gasteiger partial charge in [0.2, 0.25) is 5.95 Å². The van der Waals surface area contributed by atoms with Crippen molar-refractivity contribution >= 4 is 17.0 Å². The summed E-state index contributed by atoms with van der Waals surface area (Å²) in [5, 5.41) is 7.65. The summed E-state index contributed by atoms with van der Waals surface area (Å²) in [6, 6.07) is 9.56. The van der Waals surface area contributed by atoms with Gasteiger partial charge in [-0.3, -0.25) is 9.47 Å². The summed E-state index contributed by atoms with van der Waals surface area (Å²) >= 11 is 0. The first-order chi connectivity index (χ1) is 16.5. The third kappa shape index (κ3) is 4.98. The molecular formula is C26H35N7O. The molecule has 1 aliphatic carbocycles. The molecule has 1 saturated heterocycles. The van der Waals surface area contributed by atoms with E-state index in [1.807, 2.05) is 13.8 Å². The molecular weight excluding hydrogens is 426 g/mol. The molecule has 3 aromatic rings. The van der Waals surface area contributed by atoms with Gasteiger partial charge in [0.15, 0.2) is 5.65 Å². The number of hydrogen-bond donors (Lipinski definition) is 2. The van der Waals surface area contributed by atoms with Crippen LogP contribution in [-0.4, -0.2) is 50.6 Å². The Kier molecular flexibility index (Phi) is 6.61. The Bertz CT molecular complexity index is 1180. The number of piperazine rings is 1. The molecule has 1 saturated carbocycles. The number of fused-ring (bicyclic) bond motifs is 1. The molecule has 34 heavy (non-hydrogen) atoms. The van der Waals surface area contributed by atoms with Crippen LogP contribution in [0, 0.1) is 5.92 Å². The maximum Gasteiger partial charge on any atom is 0.349 e. The van der Waals surface area contributed by atoms with Crippen LogP contribution in [0.3, 0.4) is 0 Å². The molecule has 0 bridgehead atoms. The number of nitrogens with zero attached hydrogens (tertiary/aromatic N) is 5. The number of hydrogen-bond acceptors (Lipinski definition) is 7. The lowest BCUT2D eigenvalue weighted by Crippen LogP contribution is -2.45. The summed E-state index contributed by atoms with van der Waals surface area (Å²) in [4.78, 5) is 28.0. The van der Waals surface area contributed by atoms with E-state index in [0.29, 0.717) is 17.6 Å². The Labute approximate surface area is 200 Å².